The van der Waals surface area contributed by atoms with Crippen molar-refractivity contribution in [1.29, 1.82) is 0 Å². The van der Waals surface area contributed by atoms with Crippen LogP contribution in [0.25, 0.3) is 6.08 Å². The molecule has 0 saturated carbocycles. The number of nitrogens with one attached hydrogen (secondary N) is 1. The first-order valence-electron chi connectivity index (χ1n) is 6.62. The Kier molecular flexibility index (Phi) is 6.71. The molecule has 0 aliphatic rings. The Hall–Kier alpha value is -0.820. The number of thioether (sulfide) groups is 1. The second-order valence-electron chi connectivity index (χ2n) is 4.56. The van der Waals surface area contributed by atoms with Gasteiger partial charge in [-0.1, -0.05) is 6.92 Å². The Morgan fingerprint density at radius 3 is 2.61 bits per heavy atom. The summed E-state index contributed by atoms with van der Waals surface area (Å²) in [7, 11) is 0. The van der Waals surface area contributed by atoms with Gasteiger partial charge in [-0.15, -0.1) is 5.10 Å². The molecule has 0 atom stereocenters. The van der Waals surface area contributed by atoms with E-state index in [1.54, 1.807) is 18.2 Å². The van der Waals surface area contributed by atoms with Crippen LogP contribution in [0.2, 0.25) is 0 Å². The molecule has 0 radical (unpaired) electrons. The largest absolute Gasteiger partial charge is 0.506 e. The van der Waals surface area contributed by atoms with E-state index in [1.165, 1.54) is 0 Å². The van der Waals surface area contributed by atoms with Crippen molar-refractivity contribution >= 4 is 69.0 Å². The number of aliphatic carboxylic acids is 1. The van der Waals surface area contributed by atoms with Gasteiger partial charge in [0.15, 0.2) is 0 Å². The molecule has 0 fully saturated rings. The highest BCUT2D eigenvalue weighted by Gasteiger charge is 2.14. The van der Waals surface area contributed by atoms with Crippen LogP contribution in [0.3, 0.4) is 0 Å². The average molecular weight is 557 g/mol. The second-order valence-corrected chi connectivity index (χ2v) is 7.90. The molecule has 0 amide bonds. The number of nitrogens with zero attached hydrogens (tertiary/aromatic N) is 2. The summed E-state index contributed by atoms with van der Waals surface area (Å²) < 4.78 is 1.33. The highest BCUT2D eigenvalue weighted by molar-refractivity contribution is 14.1. The normalized spacial score (nSPS) is 11.7. The lowest BCUT2D eigenvalue weighted by molar-refractivity contribution is -0.131. The van der Waals surface area contributed by atoms with Gasteiger partial charge in [0.25, 0.3) is 0 Å². The molecule has 0 aliphatic carbocycles. The van der Waals surface area contributed by atoms with Gasteiger partial charge in [-0.3, -0.25) is 5.10 Å². The maximum Gasteiger partial charge on any atom is 0.342 e. The molecule has 3 N–H and O–H groups in total. The summed E-state index contributed by atoms with van der Waals surface area (Å²) in [5.41, 5.74) is 0.700. The van der Waals surface area contributed by atoms with Gasteiger partial charge in [0, 0.05) is 6.42 Å². The predicted molar refractivity (Wildman–Crippen MR) is 105 cm³/mol. The Balaban J connectivity index is 2.28. The van der Waals surface area contributed by atoms with Crippen LogP contribution in [0.5, 0.6) is 5.75 Å². The highest BCUT2D eigenvalue weighted by Crippen LogP contribution is 2.31. The van der Waals surface area contributed by atoms with E-state index in [0.29, 0.717) is 17.9 Å². The van der Waals surface area contributed by atoms with Gasteiger partial charge in [-0.2, -0.15) is 0 Å². The zero-order valence-electron chi connectivity index (χ0n) is 12.0. The fourth-order valence-corrected chi connectivity index (χ4v) is 4.27. The summed E-state index contributed by atoms with van der Waals surface area (Å²) >= 11 is 5.01. The van der Waals surface area contributed by atoms with Gasteiger partial charge in [-0.25, -0.2) is 9.78 Å². The van der Waals surface area contributed by atoms with Gasteiger partial charge < -0.3 is 10.2 Å². The topological polar surface area (TPSA) is 99.1 Å². The first-order chi connectivity index (χ1) is 10.9. The van der Waals surface area contributed by atoms with Crippen LogP contribution in [0.4, 0.5) is 0 Å². The number of benzene rings is 1. The van der Waals surface area contributed by atoms with Gasteiger partial charge >= 0.3 is 5.97 Å². The maximum absolute atomic E-state index is 11.5. The summed E-state index contributed by atoms with van der Waals surface area (Å²) in [4.78, 5) is 15.8. The molecule has 0 spiro atoms. The van der Waals surface area contributed by atoms with E-state index in [-0.39, 0.29) is 10.7 Å². The number of carboxylic acid groups (broad SMARTS) is 1. The van der Waals surface area contributed by atoms with E-state index >= 15 is 0 Å². The number of rotatable bonds is 6. The van der Waals surface area contributed by atoms with Crippen LogP contribution >= 0.6 is 56.9 Å². The van der Waals surface area contributed by atoms with Crippen LogP contribution in [0.1, 0.15) is 24.7 Å². The van der Waals surface area contributed by atoms with Crippen LogP contribution in [0.15, 0.2) is 22.2 Å². The number of aryl methyl sites for hydroxylation is 1. The summed E-state index contributed by atoms with van der Waals surface area (Å²) in [5.74, 6) is -0.102. The first-order valence-corrected chi connectivity index (χ1v) is 9.60. The fourth-order valence-electron chi connectivity index (χ4n) is 1.73. The quantitative estimate of drug-likeness (QED) is 0.284. The zero-order valence-corrected chi connectivity index (χ0v) is 17.1. The lowest BCUT2D eigenvalue weighted by Crippen LogP contribution is -1.97. The SMILES string of the molecule is CCCc1nc(S/C(=C\c2cc(I)c(O)c(I)c2)C(=O)O)n[nH]1. The van der Waals surface area contributed by atoms with Crippen LogP contribution in [-0.2, 0) is 11.2 Å². The molecule has 0 saturated heterocycles. The van der Waals surface area contributed by atoms with E-state index in [2.05, 4.69) is 15.2 Å². The minimum absolute atomic E-state index is 0.115. The van der Waals surface area contributed by atoms with Crippen molar-refractivity contribution in [2.45, 2.75) is 24.9 Å². The molecular weight excluding hydrogens is 544 g/mol. The van der Waals surface area contributed by atoms with E-state index < -0.39 is 5.97 Å². The highest BCUT2D eigenvalue weighted by atomic mass is 127. The first kappa shape index (κ1) is 18.5. The summed E-state index contributed by atoms with van der Waals surface area (Å²) in [6, 6.07) is 3.45. The standard InChI is InChI=1S/C14H13I2N3O3S/c1-2-3-11-17-14(19-18-11)23-10(13(21)22)6-7-4-8(15)12(20)9(16)5-7/h4-6,20H,2-3H2,1H3,(H,21,22)(H,17,18,19)/b10-6-. The molecule has 6 nitrogen and oxygen atoms in total. The van der Waals surface area contributed by atoms with Gasteiger partial charge in [0.1, 0.15) is 16.5 Å². The Morgan fingerprint density at radius 2 is 2.04 bits per heavy atom. The number of phenols is 1. The number of carbonyl (C=O) groups is 1. The molecule has 0 aliphatic heterocycles. The molecule has 1 heterocycles. The predicted octanol–water partition coefficient (Wildman–Crippen LogP) is 3.89. The molecule has 1 aromatic carbocycles. The minimum Gasteiger partial charge on any atom is -0.506 e. The van der Waals surface area contributed by atoms with Crippen molar-refractivity contribution in [3.05, 3.63) is 35.6 Å². The monoisotopic (exact) mass is 557 g/mol. The van der Waals surface area contributed by atoms with Crippen molar-refractivity contribution in [2.24, 2.45) is 0 Å². The number of aromatic nitrogens is 3. The number of aromatic amines is 1. The summed E-state index contributed by atoms with van der Waals surface area (Å²) in [6.07, 6.45) is 3.26. The lowest BCUT2D eigenvalue weighted by Gasteiger charge is -2.04. The van der Waals surface area contributed by atoms with Crippen molar-refractivity contribution in [3.8, 4) is 5.75 Å². The molecular formula is C14H13I2N3O3S. The molecule has 9 heteroatoms. The second kappa shape index (κ2) is 8.33. The fraction of sp³-hybridized carbons (Fsp3) is 0.214. The molecule has 23 heavy (non-hydrogen) atoms. The third-order valence-electron chi connectivity index (χ3n) is 2.75. The zero-order chi connectivity index (χ0) is 17.0. The van der Waals surface area contributed by atoms with Crippen molar-refractivity contribution < 1.29 is 15.0 Å². The molecule has 2 aromatic rings. The molecule has 0 unspecified atom stereocenters. The lowest BCUT2D eigenvalue weighted by atomic mass is 10.2. The van der Waals surface area contributed by atoms with Crippen LogP contribution in [0, 0.1) is 7.14 Å². The smallest absolute Gasteiger partial charge is 0.342 e. The van der Waals surface area contributed by atoms with Gasteiger partial charge in [-0.05, 0) is 87.1 Å². The van der Waals surface area contributed by atoms with Crippen molar-refractivity contribution in [2.75, 3.05) is 0 Å². The van der Waals surface area contributed by atoms with Crippen molar-refractivity contribution in [3.63, 3.8) is 0 Å². The van der Waals surface area contributed by atoms with E-state index in [1.807, 2.05) is 52.1 Å². The van der Waals surface area contributed by atoms with Gasteiger partial charge in [0.05, 0.1) is 7.14 Å². The summed E-state index contributed by atoms with van der Waals surface area (Å²) in [6.45, 7) is 2.03. The molecule has 0 bridgehead atoms. The number of hydrogen-bond donors (Lipinski definition) is 3. The number of hydrogen-bond acceptors (Lipinski definition) is 5. The summed E-state index contributed by atoms with van der Waals surface area (Å²) in [5, 5.41) is 26.4. The van der Waals surface area contributed by atoms with Gasteiger partial charge in [0.2, 0.25) is 5.16 Å². The van der Waals surface area contributed by atoms with Crippen LogP contribution < -0.4 is 0 Å². The number of carboxylic acids is 1. The molecule has 1 aromatic heterocycles. The van der Waals surface area contributed by atoms with Crippen molar-refractivity contribution in [1.82, 2.24) is 15.2 Å². The van der Waals surface area contributed by atoms with E-state index in [9.17, 15) is 15.0 Å². The Bertz CT molecular complexity index is 738. The van der Waals surface area contributed by atoms with Crippen LogP contribution in [-0.4, -0.2) is 31.4 Å². The number of halogens is 2. The van der Waals surface area contributed by atoms with E-state index in [0.717, 1.165) is 30.4 Å². The molecule has 122 valence electrons. The third-order valence-corrected chi connectivity index (χ3v) is 5.27. The Labute approximate surface area is 164 Å². The number of H-pyrrole nitrogens is 1. The maximum atomic E-state index is 11.5. The third kappa shape index (κ3) is 5.08. The Morgan fingerprint density at radius 1 is 1.39 bits per heavy atom. The molecule has 2 rings (SSSR count). The van der Waals surface area contributed by atoms with E-state index in [4.69, 9.17) is 0 Å². The number of aromatic hydroxyl groups is 1. The minimum atomic E-state index is -1.05. The average Bonchev–Trinajstić information content (AvgIpc) is 2.91. The number of phenolic OH excluding ortho intramolecular Hbond substituents is 1.